The van der Waals surface area contributed by atoms with Crippen molar-refractivity contribution in [2.24, 2.45) is 5.41 Å². The van der Waals surface area contributed by atoms with Crippen molar-refractivity contribution in [2.75, 3.05) is 20.8 Å². The predicted octanol–water partition coefficient (Wildman–Crippen LogP) is 8.12. The minimum absolute atomic E-state index is 0.0628. The van der Waals surface area contributed by atoms with Gasteiger partial charge in [-0.3, -0.25) is 4.90 Å². The molecule has 1 aromatic heterocycles. The van der Waals surface area contributed by atoms with Crippen molar-refractivity contribution in [3.05, 3.63) is 81.7 Å². The third kappa shape index (κ3) is 6.59. The third-order valence-electron chi connectivity index (χ3n) is 8.83. The van der Waals surface area contributed by atoms with Gasteiger partial charge in [-0.05, 0) is 92.0 Å². The summed E-state index contributed by atoms with van der Waals surface area (Å²) in [6, 6.07) is 8.43. The fourth-order valence-electron chi connectivity index (χ4n) is 6.38. The minimum atomic E-state index is -4.52. The summed E-state index contributed by atoms with van der Waals surface area (Å²) in [7, 11) is 2.88. The standard InChI is InChI=1S/C35H38F3N3O5/c1-19-12-23(15-25(13-19)35(36,37)38)30-21(3)41(33(43)46-30)18-24-16-34(4,5)11-10-27(24)29-28(44-6)17-39-31(40-29)26-9-8-22(14-20(26)2)32(42)45-7/h8-9,12-15,17,21,30H,10-11,16,18H2,1-7H3/t21-,30-/m0/s1. The molecule has 0 spiro atoms. The van der Waals surface area contributed by atoms with Gasteiger partial charge in [0.15, 0.2) is 11.6 Å². The van der Waals surface area contributed by atoms with E-state index >= 15 is 0 Å². The molecule has 3 aromatic rings. The minimum Gasteiger partial charge on any atom is -0.493 e. The second kappa shape index (κ2) is 12.4. The summed E-state index contributed by atoms with van der Waals surface area (Å²) in [5.74, 6) is 0.496. The number of halogens is 3. The maximum atomic E-state index is 13.6. The van der Waals surface area contributed by atoms with Crippen LogP contribution in [-0.2, 0) is 15.7 Å². The molecule has 8 nitrogen and oxygen atoms in total. The lowest BCUT2D eigenvalue weighted by molar-refractivity contribution is -0.137. The Labute approximate surface area is 266 Å². The van der Waals surface area contributed by atoms with Crippen LogP contribution in [0.4, 0.5) is 18.0 Å². The van der Waals surface area contributed by atoms with Crippen LogP contribution in [-0.4, -0.2) is 53.7 Å². The van der Waals surface area contributed by atoms with Crippen LogP contribution >= 0.6 is 0 Å². The smallest absolute Gasteiger partial charge is 0.416 e. The van der Waals surface area contributed by atoms with E-state index in [1.807, 2.05) is 6.92 Å². The molecule has 46 heavy (non-hydrogen) atoms. The zero-order valence-electron chi connectivity index (χ0n) is 27.0. The number of cyclic esters (lactones) is 1. The maximum Gasteiger partial charge on any atom is 0.416 e. The lowest BCUT2D eigenvalue weighted by Gasteiger charge is -2.35. The molecule has 0 radical (unpaired) electrons. The number of rotatable bonds is 7. The Bertz CT molecular complexity index is 1720. The van der Waals surface area contributed by atoms with Crippen LogP contribution in [0.1, 0.15) is 84.4 Å². The number of benzene rings is 2. The zero-order chi connectivity index (χ0) is 33.6. The Balaban J connectivity index is 1.53. The third-order valence-corrected chi connectivity index (χ3v) is 8.83. The van der Waals surface area contributed by atoms with E-state index in [-0.39, 0.29) is 12.0 Å². The molecule has 1 amide bonds. The summed E-state index contributed by atoms with van der Waals surface area (Å²) < 4.78 is 57.0. The van der Waals surface area contributed by atoms with E-state index in [1.54, 1.807) is 56.3 Å². The van der Waals surface area contributed by atoms with Gasteiger partial charge in [0.05, 0.1) is 37.6 Å². The first-order chi connectivity index (χ1) is 21.6. The summed E-state index contributed by atoms with van der Waals surface area (Å²) in [5, 5.41) is 0. The molecule has 1 aliphatic heterocycles. The molecule has 0 N–H and O–H groups in total. The van der Waals surface area contributed by atoms with E-state index in [0.717, 1.165) is 40.8 Å². The number of alkyl halides is 3. The van der Waals surface area contributed by atoms with Crippen molar-refractivity contribution < 1.29 is 37.0 Å². The van der Waals surface area contributed by atoms with Gasteiger partial charge in [-0.2, -0.15) is 13.2 Å². The van der Waals surface area contributed by atoms with Crippen molar-refractivity contribution in [2.45, 2.75) is 72.2 Å². The normalized spacial score (nSPS) is 19.7. The highest BCUT2D eigenvalue weighted by atomic mass is 19.4. The SMILES string of the molecule is COC(=O)c1ccc(-c2ncc(OC)c(C3=C(CN4C(=O)O[C@H](c5cc(C)cc(C(F)(F)F)c5)[C@@H]4C)CC(C)(C)CC3)n2)c(C)c1. The van der Waals surface area contributed by atoms with Gasteiger partial charge in [0.25, 0.3) is 0 Å². The van der Waals surface area contributed by atoms with Gasteiger partial charge in [0.1, 0.15) is 11.8 Å². The number of methoxy groups -OCH3 is 2. The highest BCUT2D eigenvalue weighted by Gasteiger charge is 2.42. The van der Waals surface area contributed by atoms with Crippen molar-refractivity contribution >= 4 is 17.6 Å². The summed E-state index contributed by atoms with van der Waals surface area (Å²) >= 11 is 0. The Morgan fingerprint density at radius 2 is 1.87 bits per heavy atom. The number of hydrogen-bond acceptors (Lipinski definition) is 7. The van der Waals surface area contributed by atoms with Gasteiger partial charge >= 0.3 is 18.2 Å². The van der Waals surface area contributed by atoms with Crippen molar-refractivity contribution in [1.29, 1.82) is 0 Å². The number of aromatic nitrogens is 2. The van der Waals surface area contributed by atoms with Gasteiger partial charge in [-0.15, -0.1) is 0 Å². The number of carbonyl (C=O) groups excluding carboxylic acids is 2. The van der Waals surface area contributed by atoms with E-state index in [9.17, 15) is 22.8 Å². The fourth-order valence-corrected chi connectivity index (χ4v) is 6.38. The van der Waals surface area contributed by atoms with Gasteiger partial charge in [0.2, 0.25) is 0 Å². The average Bonchev–Trinajstić information content (AvgIpc) is 3.27. The number of hydrogen-bond donors (Lipinski definition) is 0. The Kier molecular flexibility index (Phi) is 8.90. The molecular formula is C35H38F3N3O5. The molecule has 2 aliphatic rings. The van der Waals surface area contributed by atoms with E-state index in [0.29, 0.717) is 46.8 Å². The first-order valence-electron chi connectivity index (χ1n) is 15.1. The van der Waals surface area contributed by atoms with Gasteiger partial charge in [0, 0.05) is 12.1 Å². The molecule has 2 atom stereocenters. The monoisotopic (exact) mass is 637 g/mol. The van der Waals surface area contributed by atoms with Crippen LogP contribution in [0.25, 0.3) is 17.0 Å². The van der Waals surface area contributed by atoms with E-state index in [2.05, 4.69) is 18.8 Å². The van der Waals surface area contributed by atoms with Crippen molar-refractivity contribution in [3.8, 4) is 17.1 Å². The molecule has 0 bridgehead atoms. The molecule has 0 unspecified atom stereocenters. The molecule has 2 heterocycles. The summed E-state index contributed by atoms with van der Waals surface area (Å²) in [6.07, 6.45) is -2.13. The second-order valence-electron chi connectivity index (χ2n) is 12.9. The molecule has 1 saturated heterocycles. The first-order valence-corrected chi connectivity index (χ1v) is 15.1. The summed E-state index contributed by atoms with van der Waals surface area (Å²) in [6.45, 7) is 9.81. The lowest BCUT2D eigenvalue weighted by Crippen LogP contribution is -2.35. The number of nitrogens with zero attached hydrogens (tertiary/aromatic N) is 3. The highest BCUT2D eigenvalue weighted by Crippen LogP contribution is 2.46. The summed E-state index contributed by atoms with van der Waals surface area (Å²) in [5.41, 5.74) is 4.38. The highest BCUT2D eigenvalue weighted by molar-refractivity contribution is 5.90. The largest absolute Gasteiger partial charge is 0.493 e. The quantitative estimate of drug-likeness (QED) is 0.242. The Morgan fingerprint density at radius 3 is 2.52 bits per heavy atom. The predicted molar refractivity (Wildman–Crippen MR) is 166 cm³/mol. The van der Waals surface area contributed by atoms with E-state index in [4.69, 9.17) is 19.2 Å². The molecule has 5 rings (SSSR count). The zero-order valence-corrected chi connectivity index (χ0v) is 27.0. The van der Waals surface area contributed by atoms with Gasteiger partial charge in [-0.25, -0.2) is 19.6 Å². The van der Waals surface area contributed by atoms with Crippen LogP contribution in [0.3, 0.4) is 0 Å². The molecule has 1 fully saturated rings. The summed E-state index contributed by atoms with van der Waals surface area (Å²) in [4.78, 5) is 36.4. The average molecular weight is 638 g/mol. The van der Waals surface area contributed by atoms with E-state index in [1.165, 1.54) is 7.11 Å². The maximum absolute atomic E-state index is 13.6. The molecular weight excluding hydrogens is 599 g/mol. The number of carbonyl (C=O) groups is 2. The van der Waals surface area contributed by atoms with Crippen molar-refractivity contribution in [1.82, 2.24) is 14.9 Å². The topological polar surface area (TPSA) is 90.9 Å². The van der Waals surface area contributed by atoms with Crippen LogP contribution < -0.4 is 4.74 Å². The molecule has 1 aliphatic carbocycles. The molecule has 0 saturated carbocycles. The van der Waals surface area contributed by atoms with E-state index < -0.39 is 35.9 Å². The number of ether oxygens (including phenoxy) is 3. The second-order valence-corrected chi connectivity index (χ2v) is 12.9. The number of allylic oxidation sites excluding steroid dienone is 1. The van der Waals surface area contributed by atoms with Gasteiger partial charge in [-0.1, -0.05) is 31.5 Å². The number of amides is 1. The van der Waals surface area contributed by atoms with Crippen LogP contribution in [0.2, 0.25) is 0 Å². The Hall–Kier alpha value is -4.41. The van der Waals surface area contributed by atoms with Crippen molar-refractivity contribution in [3.63, 3.8) is 0 Å². The fraction of sp³-hybridized carbons (Fsp3) is 0.429. The molecule has 244 valence electrons. The van der Waals surface area contributed by atoms with Crippen LogP contribution in [0, 0.1) is 19.3 Å². The lowest BCUT2D eigenvalue weighted by atomic mass is 9.73. The number of esters is 1. The van der Waals surface area contributed by atoms with Gasteiger partial charge < -0.3 is 14.2 Å². The molecule has 2 aromatic carbocycles. The van der Waals surface area contributed by atoms with Crippen LogP contribution in [0.15, 0.2) is 48.2 Å². The number of aryl methyl sites for hydroxylation is 2. The Morgan fingerprint density at radius 1 is 1.13 bits per heavy atom. The first kappa shape index (κ1) is 33.0. The van der Waals surface area contributed by atoms with Crippen LogP contribution in [0.5, 0.6) is 5.75 Å². The molecule has 11 heteroatoms.